The minimum atomic E-state index is -4.80. The van der Waals surface area contributed by atoms with Gasteiger partial charge in [-0.3, -0.25) is 4.68 Å². The molecule has 0 unspecified atom stereocenters. The van der Waals surface area contributed by atoms with E-state index in [1.54, 1.807) is 13.8 Å². The monoisotopic (exact) mass is 311 g/mol. The third-order valence-corrected chi connectivity index (χ3v) is 5.57. The largest absolute Gasteiger partial charge is 0.436 e. The van der Waals surface area contributed by atoms with Crippen LogP contribution in [0.5, 0.6) is 0 Å². The highest BCUT2D eigenvalue weighted by Gasteiger charge is 2.47. The maximum absolute atomic E-state index is 12.9. The Labute approximate surface area is 115 Å². The number of aryl methyl sites for hydroxylation is 1. The lowest BCUT2D eigenvalue weighted by Crippen LogP contribution is -2.42. The van der Waals surface area contributed by atoms with Gasteiger partial charge < -0.3 is 0 Å². The quantitative estimate of drug-likeness (QED) is 0.839. The molecule has 0 amide bonds. The molecule has 0 N–H and O–H groups in total. The Morgan fingerprint density at radius 2 is 1.95 bits per heavy atom. The van der Waals surface area contributed by atoms with Gasteiger partial charge in [0, 0.05) is 25.3 Å². The maximum Gasteiger partial charge on any atom is 0.436 e. The molecule has 0 aliphatic carbocycles. The third kappa shape index (κ3) is 2.44. The van der Waals surface area contributed by atoms with Crippen molar-refractivity contribution in [2.24, 2.45) is 7.05 Å². The molecule has 9 heteroatoms. The lowest BCUT2D eigenvalue weighted by atomic mass is 10.0. The first-order chi connectivity index (χ1) is 8.96. The highest BCUT2D eigenvalue weighted by atomic mass is 32.2. The van der Waals surface area contributed by atoms with Crippen molar-refractivity contribution in [2.45, 2.75) is 43.3 Å². The van der Waals surface area contributed by atoms with Crippen molar-refractivity contribution in [3.05, 3.63) is 11.9 Å². The highest BCUT2D eigenvalue weighted by Crippen LogP contribution is 2.38. The molecule has 1 aromatic heterocycles. The summed E-state index contributed by atoms with van der Waals surface area (Å²) < 4.78 is 65.8. The first-order valence-electron chi connectivity index (χ1n) is 6.10. The lowest BCUT2D eigenvalue weighted by Gasteiger charge is -2.30. The van der Waals surface area contributed by atoms with E-state index in [2.05, 4.69) is 5.10 Å². The van der Waals surface area contributed by atoms with Crippen LogP contribution in [0.2, 0.25) is 0 Å². The summed E-state index contributed by atoms with van der Waals surface area (Å²) >= 11 is 0. The van der Waals surface area contributed by atoms with Crippen LogP contribution in [-0.2, 0) is 23.2 Å². The van der Waals surface area contributed by atoms with Gasteiger partial charge in [-0.25, -0.2) is 8.42 Å². The smallest absolute Gasteiger partial charge is 0.274 e. The van der Waals surface area contributed by atoms with E-state index in [0.29, 0.717) is 12.8 Å². The van der Waals surface area contributed by atoms with Gasteiger partial charge in [0.05, 0.1) is 0 Å². The Kier molecular flexibility index (Phi) is 3.41. The van der Waals surface area contributed by atoms with E-state index in [0.717, 1.165) is 15.2 Å². The summed E-state index contributed by atoms with van der Waals surface area (Å²) in [5.41, 5.74) is -2.04. The second-order valence-electron chi connectivity index (χ2n) is 5.51. The molecule has 1 aliphatic heterocycles. The third-order valence-electron chi connectivity index (χ3n) is 3.46. The fourth-order valence-electron chi connectivity index (χ4n) is 2.50. The second kappa shape index (κ2) is 4.45. The maximum atomic E-state index is 12.9. The average molecular weight is 311 g/mol. The summed E-state index contributed by atoms with van der Waals surface area (Å²) in [6.07, 6.45) is -2.64. The Morgan fingerprint density at radius 3 is 2.40 bits per heavy atom. The molecule has 20 heavy (non-hydrogen) atoms. The molecular formula is C11H16F3N3O2S. The highest BCUT2D eigenvalue weighted by molar-refractivity contribution is 7.89. The molecule has 1 saturated heterocycles. The predicted octanol–water partition coefficient (Wildman–Crippen LogP) is 2.00. The van der Waals surface area contributed by atoms with Crippen LogP contribution in [0.3, 0.4) is 0 Å². The topological polar surface area (TPSA) is 55.2 Å². The number of hydrogen-bond donors (Lipinski definition) is 0. The number of hydrogen-bond acceptors (Lipinski definition) is 3. The summed E-state index contributed by atoms with van der Waals surface area (Å²) in [6.45, 7) is 3.64. The van der Waals surface area contributed by atoms with Gasteiger partial charge in [0.1, 0.15) is 4.90 Å². The zero-order chi connectivity index (χ0) is 15.3. The Bertz CT molecular complexity index is 619. The van der Waals surface area contributed by atoms with Crippen molar-refractivity contribution in [3.8, 4) is 0 Å². The van der Waals surface area contributed by atoms with Gasteiger partial charge in [-0.05, 0) is 26.7 Å². The summed E-state index contributed by atoms with van der Waals surface area (Å²) in [5, 5.41) is 3.25. The number of alkyl halides is 3. The molecule has 0 saturated carbocycles. The minimum absolute atomic E-state index is 0.224. The molecule has 0 atom stereocenters. The Balaban J connectivity index is 2.56. The minimum Gasteiger partial charge on any atom is -0.274 e. The summed E-state index contributed by atoms with van der Waals surface area (Å²) in [5.74, 6) is 0. The number of halogens is 3. The molecule has 114 valence electrons. The number of rotatable bonds is 2. The molecule has 2 rings (SSSR count). The van der Waals surface area contributed by atoms with Crippen LogP contribution < -0.4 is 0 Å². The first kappa shape index (κ1) is 15.3. The molecule has 1 aromatic rings. The summed E-state index contributed by atoms with van der Waals surface area (Å²) in [7, 11) is -2.94. The van der Waals surface area contributed by atoms with Crippen LogP contribution in [0, 0.1) is 0 Å². The Hall–Kier alpha value is -1.09. The lowest BCUT2D eigenvalue weighted by molar-refractivity contribution is -0.143. The van der Waals surface area contributed by atoms with Gasteiger partial charge >= 0.3 is 6.18 Å². The predicted molar refractivity (Wildman–Crippen MR) is 65.4 cm³/mol. The molecule has 0 radical (unpaired) electrons. The number of nitrogens with zero attached hydrogens (tertiary/aromatic N) is 3. The van der Waals surface area contributed by atoms with Crippen molar-refractivity contribution in [1.29, 1.82) is 0 Å². The van der Waals surface area contributed by atoms with Crippen molar-refractivity contribution in [1.82, 2.24) is 14.1 Å². The molecule has 0 aromatic carbocycles. The molecule has 1 aliphatic rings. The second-order valence-corrected chi connectivity index (χ2v) is 7.34. The van der Waals surface area contributed by atoms with E-state index < -0.39 is 32.3 Å². The normalized spacial score (nSPS) is 20.5. The number of aromatic nitrogens is 2. The van der Waals surface area contributed by atoms with Gasteiger partial charge in [0.15, 0.2) is 5.69 Å². The van der Waals surface area contributed by atoms with Crippen LogP contribution in [0.25, 0.3) is 0 Å². The standard InChI is InChI=1S/C11H16F3N3O2S/c1-10(2)5-4-6-17(10)20(18,19)8-7-16(3)15-9(8)11(12,13)14/h7H,4-6H2,1-3H3. The van der Waals surface area contributed by atoms with Crippen LogP contribution in [-0.4, -0.2) is 34.6 Å². The molecule has 0 bridgehead atoms. The van der Waals surface area contributed by atoms with Crippen LogP contribution >= 0.6 is 0 Å². The van der Waals surface area contributed by atoms with E-state index in [-0.39, 0.29) is 6.54 Å². The van der Waals surface area contributed by atoms with Crippen molar-refractivity contribution >= 4 is 10.0 Å². The summed E-state index contributed by atoms with van der Waals surface area (Å²) in [4.78, 5) is -0.775. The summed E-state index contributed by atoms with van der Waals surface area (Å²) in [6, 6.07) is 0. The molecule has 0 spiro atoms. The fraction of sp³-hybridized carbons (Fsp3) is 0.727. The molecular weight excluding hydrogens is 295 g/mol. The van der Waals surface area contributed by atoms with Crippen molar-refractivity contribution < 1.29 is 21.6 Å². The van der Waals surface area contributed by atoms with Gasteiger partial charge in [-0.15, -0.1) is 0 Å². The van der Waals surface area contributed by atoms with Crippen LogP contribution in [0.4, 0.5) is 13.2 Å². The van der Waals surface area contributed by atoms with Crippen molar-refractivity contribution in [3.63, 3.8) is 0 Å². The SMILES string of the molecule is Cn1cc(S(=O)(=O)N2CCCC2(C)C)c(C(F)(F)F)n1. The van der Waals surface area contributed by atoms with E-state index in [4.69, 9.17) is 0 Å². The Morgan fingerprint density at radius 1 is 1.35 bits per heavy atom. The average Bonchev–Trinajstić information content (AvgIpc) is 2.80. The van der Waals surface area contributed by atoms with E-state index in [9.17, 15) is 21.6 Å². The van der Waals surface area contributed by atoms with Crippen LogP contribution in [0.1, 0.15) is 32.4 Å². The molecule has 2 heterocycles. The van der Waals surface area contributed by atoms with Crippen LogP contribution in [0.15, 0.2) is 11.1 Å². The van der Waals surface area contributed by atoms with Crippen molar-refractivity contribution in [2.75, 3.05) is 6.54 Å². The zero-order valence-corrected chi connectivity index (χ0v) is 12.2. The fourth-order valence-corrected chi connectivity index (χ4v) is 4.53. The van der Waals surface area contributed by atoms with Gasteiger partial charge in [0.25, 0.3) is 0 Å². The zero-order valence-electron chi connectivity index (χ0n) is 11.4. The van der Waals surface area contributed by atoms with Gasteiger partial charge in [-0.2, -0.15) is 22.6 Å². The van der Waals surface area contributed by atoms with E-state index >= 15 is 0 Å². The van der Waals surface area contributed by atoms with E-state index in [1.165, 1.54) is 7.05 Å². The van der Waals surface area contributed by atoms with E-state index in [1.807, 2.05) is 0 Å². The molecule has 5 nitrogen and oxygen atoms in total. The first-order valence-corrected chi connectivity index (χ1v) is 7.54. The van der Waals surface area contributed by atoms with Gasteiger partial charge in [0.2, 0.25) is 10.0 Å². The number of sulfonamides is 1. The van der Waals surface area contributed by atoms with Gasteiger partial charge in [-0.1, -0.05) is 0 Å². The molecule has 1 fully saturated rings.